The van der Waals surface area contributed by atoms with Crippen molar-refractivity contribution in [2.45, 2.75) is 32.9 Å². The predicted molar refractivity (Wildman–Crippen MR) is 111 cm³/mol. The number of amides is 1. The fourth-order valence-corrected chi connectivity index (χ4v) is 3.52. The van der Waals surface area contributed by atoms with Crippen LogP contribution in [0.5, 0.6) is 0 Å². The van der Waals surface area contributed by atoms with Crippen molar-refractivity contribution in [1.82, 2.24) is 0 Å². The molecule has 8 heteroatoms. The van der Waals surface area contributed by atoms with Crippen molar-refractivity contribution in [2.75, 3.05) is 28.6 Å². The fourth-order valence-electron chi connectivity index (χ4n) is 3.52. The van der Waals surface area contributed by atoms with Gasteiger partial charge in [-0.3, -0.25) is 4.79 Å². The van der Waals surface area contributed by atoms with Crippen molar-refractivity contribution in [3.05, 3.63) is 59.5 Å². The largest absolute Gasteiger partial charge is 0.418 e. The second kappa shape index (κ2) is 8.77. The van der Waals surface area contributed by atoms with Crippen molar-refractivity contribution in [1.29, 1.82) is 0 Å². The van der Waals surface area contributed by atoms with Gasteiger partial charge in [0.05, 0.1) is 16.8 Å². The highest BCUT2D eigenvalue weighted by Crippen LogP contribution is 2.39. The smallest absolute Gasteiger partial charge is 0.371 e. The number of nitrogens with one attached hydrogen (secondary N) is 2. The van der Waals surface area contributed by atoms with Crippen molar-refractivity contribution in [3.63, 3.8) is 0 Å². The third-order valence-electron chi connectivity index (χ3n) is 4.79. The molecule has 0 aromatic heterocycles. The molecule has 3 rings (SSSR count). The molecule has 2 N–H and O–H groups in total. The van der Waals surface area contributed by atoms with Crippen molar-refractivity contribution in [2.24, 2.45) is 0 Å². The molecule has 160 valence electrons. The number of alkyl halides is 3. The molecule has 30 heavy (non-hydrogen) atoms. The van der Waals surface area contributed by atoms with Gasteiger partial charge in [0, 0.05) is 36.2 Å². The predicted octanol–water partition coefficient (Wildman–Crippen LogP) is 5.88. The Balaban J connectivity index is 1.95. The maximum atomic E-state index is 14.1. The van der Waals surface area contributed by atoms with Gasteiger partial charge in [0.1, 0.15) is 5.82 Å². The summed E-state index contributed by atoms with van der Waals surface area (Å²) in [5, 5.41) is 5.26. The summed E-state index contributed by atoms with van der Waals surface area (Å²) in [5.41, 5.74) is -0.0213. The lowest BCUT2D eigenvalue weighted by Gasteiger charge is -2.27. The second-order valence-corrected chi connectivity index (χ2v) is 7.04. The van der Waals surface area contributed by atoms with E-state index in [1.54, 1.807) is 11.0 Å². The molecule has 1 amide bonds. The summed E-state index contributed by atoms with van der Waals surface area (Å²) in [4.78, 5) is 13.9. The molecular formula is C22H23F4N3O. The van der Waals surface area contributed by atoms with Crippen LogP contribution in [0.25, 0.3) is 5.57 Å². The Morgan fingerprint density at radius 3 is 2.43 bits per heavy atom. The first-order valence-corrected chi connectivity index (χ1v) is 9.79. The molecule has 0 aliphatic carbocycles. The quantitative estimate of drug-likeness (QED) is 0.434. The van der Waals surface area contributed by atoms with Gasteiger partial charge in [-0.1, -0.05) is 19.9 Å². The van der Waals surface area contributed by atoms with Crippen LogP contribution in [0.2, 0.25) is 0 Å². The number of carbonyl (C=O) groups is 1. The summed E-state index contributed by atoms with van der Waals surface area (Å²) in [6.45, 7) is 4.87. The van der Waals surface area contributed by atoms with E-state index < -0.39 is 23.5 Å². The molecule has 0 saturated heterocycles. The van der Waals surface area contributed by atoms with Crippen LogP contribution < -0.4 is 15.5 Å². The molecule has 0 bridgehead atoms. The molecule has 1 aliphatic rings. The molecule has 0 saturated carbocycles. The van der Waals surface area contributed by atoms with Crippen LogP contribution in [0, 0.1) is 5.82 Å². The third-order valence-corrected chi connectivity index (χ3v) is 4.79. The van der Waals surface area contributed by atoms with E-state index in [2.05, 4.69) is 10.6 Å². The Labute approximate surface area is 172 Å². The average Bonchev–Trinajstić information content (AvgIpc) is 3.02. The number of fused-ring (bicyclic) bond motifs is 1. The lowest BCUT2D eigenvalue weighted by molar-refractivity contribution is -0.137. The van der Waals surface area contributed by atoms with Gasteiger partial charge in [0.2, 0.25) is 0 Å². The monoisotopic (exact) mass is 421 g/mol. The number of rotatable bonds is 7. The van der Waals surface area contributed by atoms with Gasteiger partial charge in [-0.25, -0.2) is 4.39 Å². The normalized spacial score (nSPS) is 14.6. The van der Waals surface area contributed by atoms with Gasteiger partial charge >= 0.3 is 6.18 Å². The second-order valence-electron chi connectivity index (χ2n) is 7.04. The van der Waals surface area contributed by atoms with Crippen LogP contribution in [0.15, 0.2) is 42.6 Å². The molecular weight excluding hydrogens is 398 g/mol. The van der Waals surface area contributed by atoms with E-state index in [0.717, 1.165) is 18.9 Å². The van der Waals surface area contributed by atoms with Gasteiger partial charge < -0.3 is 15.5 Å². The molecule has 2 aromatic carbocycles. The number of halogens is 4. The number of hydrogen-bond acceptors (Lipinski definition) is 3. The SMILES string of the molecule is CCCN(CCC)c1ccc(N/C=C2/C(=O)Nc3cccc(F)c32)cc1C(F)(F)F. The molecule has 2 aromatic rings. The van der Waals surface area contributed by atoms with Gasteiger partial charge in [0.15, 0.2) is 0 Å². The summed E-state index contributed by atoms with van der Waals surface area (Å²) in [5.74, 6) is -1.10. The molecule has 0 radical (unpaired) electrons. The fraction of sp³-hybridized carbons (Fsp3) is 0.318. The molecule has 1 aliphatic heterocycles. The van der Waals surface area contributed by atoms with Crippen LogP contribution in [-0.4, -0.2) is 19.0 Å². The molecule has 0 atom stereocenters. The van der Waals surface area contributed by atoms with E-state index in [1.165, 1.54) is 30.5 Å². The summed E-state index contributed by atoms with van der Waals surface area (Å²) in [7, 11) is 0. The highest BCUT2D eigenvalue weighted by molar-refractivity contribution is 6.31. The lowest BCUT2D eigenvalue weighted by atomic mass is 10.1. The summed E-state index contributed by atoms with van der Waals surface area (Å²) in [6, 6.07) is 8.22. The van der Waals surface area contributed by atoms with Crippen LogP contribution >= 0.6 is 0 Å². The number of anilines is 3. The highest BCUT2D eigenvalue weighted by atomic mass is 19.4. The van der Waals surface area contributed by atoms with Gasteiger partial charge in [0.25, 0.3) is 5.91 Å². The van der Waals surface area contributed by atoms with Gasteiger partial charge in [-0.2, -0.15) is 13.2 Å². The Kier molecular flexibility index (Phi) is 6.34. The topological polar surface area (TPSA) is 44.4 Å². The number of benzene rings is 2. The highest BCUT2D eigenvalue weighted by Gasteiger charge is 2.35. The summed E-state index contributed by atoms with van der Waals surface area (Å²) < 4.78 is 55.3. The first kappa shape index (κ1) is 21.7. The standard InChI is InChI=1S/C22H23F4N3O/c1-3-10-29(11-4-2)19-9-8-14(12-16(19)22(24,25)26)27-13-15-20-17(23)6-5-7-18(20)28-21(15)30/h5-9,12-13,27H,3-4,10-11H2,1-2H3,(H,28,30)/b15-13+. The number of nitrogens with zero attached hydrogens (tertiary/aromatic N) is 1. The third kappa shape index (κ3) is 4.42. The van der Waals surface area contributed by atoms with Crippen LogP contribution in [0.3, 0.4) is 0 Å². The number of carbonyl (C=O) groups excluding carboxylic acids is 1. The Hall–Kier alpha value is -3.03. The van der Waals surface area contributed by atoms with E-state index in [1.807, 2.05) is 13.8 Å². The maximum absolute atomic E-state index is 14.1. The van der Waals surface area contributed by atoms with Crippen LogP contribution in [0.1, 0.15) is 37.8 Å². The first-order chi connectivity index (χ1) is 14.3. The summed E-state index contributed by atoms with van der Waals surface area (Å²) >= 11 is 0. The van der Waals surface area contributed by atoms with Gasteiger partial charge in [-0.05, 0) is 43.2 Å². The Morgan fingerprint density at radius 1 is 1.10 bits per heavy atom. The van der Waals surface area contributed by atoms with E-state index in [9.17, 15) is 22.4 Å². The van der Waals surface area contributed by atoms with Crippen molar-refractivity contribution in [3.8, 4) is 0 Å². The van der Waals surface area contributed by atoms with E-state index in [4.69, 9.17) is 0 Å². The number of hydrogen-bond donors (Lipinski definition) is 2. The molecule has 4 nitrogen and oxygen atoms in total. The van der Waals surface area contributed by atoms with E-state index in [-0.39, 0.29) is 22.5 Å². The Bertz CT molecular complexity index is 963. The molecule has 0 fully saturated rings. The molecule has 0 unspecified atom stereocenters. The van der Waals surface area contributed by atoms with Gasteiger partial charge in [-0.15, -0.1) is 0 Å². The average molecular weight is 421 g/mol. The van der Waals surface area contributed by atoms with E-state index >= 15 is 0 Å². The minimum absolute atomic E-state index is 0.0272. The zero-order valence-electron chi connectivity index (χ0n) is 16.7. The zero-order valence-corrected chi connectivity index (χ0v) is 16.7. The Morgan fingerprint density at radius 2 is 1.80 bits per heavy atom. The lowest BCUT2D eigenvalue weighted by Crippen LogP contribution is -2.27. The summed E-state index contributed by atoms with van der Waals surface area (Å²) in [6.07, 6.45) is -1.86. The van der Waals surface area contributed by atoms with E-state index in [0.29, 0.717) is 18.8 Å². The minimum atomic E-state index is -4.54. The van der Waals surface area contributed by atoms with Crippen LogP contribution in [-0.2, 0) is 11.0 Å². The zero-order chi connectivity index (χ0) is 21.9. The molecule has 0 spiro atoms. The minimum Gasteiger partial charge on any atom is -0.371 e. The van der Waals surface area contributed by atoms with Crippen molar-refractivity contribution >= 4 is 28.5 Å². The first-order valence-electron chi connectivity index (χ1n) is 9.79. The van der Waals surface area contributed by atoms with Crippen LogP contribution in [0.4, 0.5) is 34.6 Å². The maximum Gasteiger partial charge on any atom is 0.418 e. The molecule has 1 heterocycles. The van der Waals surface area contributed by atoms with Crippen molar-refractivity contribution < 1.29 is 22.4 Å².